The van der Waals surface area contributed by atoms with E-state index < -0.39 is 17.0 Å². The quantitative estimate of drug-likeness (QED) is 0.686. The summed E-state index contributed by atoms with van der Waals surface area (Å²) in [6, 6.07) is 10.1. The van der Waals surface area contributed by atoms with Crippen LogP contribution >= 0.6 is 11.6 Å². The second-order valence-corrected chi connectivity index (χ2v) is 6.12. The number of rotatable bonds is 4. The van der Waals surface area contributed by atoms with Crippen LogP contribution in [0.3, 0.4) is 0 Å². The number of hydrogen-bond acceptors (Lipinski definition) is 4. The summed E-state index contributed by atoms with van der Waals surface area (Å²) in [5, 5.41) is 3.21. The fourth-order valence-corrected chi connectivity index (χ4v) is 2.80. The fourth-order valence-electron chi connectivity index (χ4n) is 2.64. The minimum atomic E-state index is -0.793. The molecule has 26 heavy (non-hydrogen) atoms. The molecule has 0 saturated carbocycles. The van der Waals surface area contributed by atoms with Crippen molar-refractivity contribution in [2.75, 3.05) is 12.4 Å². The number of fused-ring (bicyclic) bond motifs is 1. The number of amides is 1. The maximum Gasteiger partial charge on any atom is 0.317 e. The van der Waals surface area contributed by atoms with E-state index in [1.54, 1.807) is 43.3 Å². The lowest BCUT2D eigenvalue weighted by Crippen LogP contribution is -2.38. The Kier molecular flexibility index (Phi) is 4.81. The van der Waals surface area contributed by atoms with Crippen LogP contribution in [0.2, 0.25) is 5.02 Å². The van der Waals surface area contributed by atoms with Crippen molar-refractivity contribution < 1.29 is 9.53 Å². The minimum absolute atomic E-state index is 0.311. The molecule has 1 amide bonds. The summed E-state index contributed by atoms with van der Waals surface area (Å²) in [4.78, 5) is 39.0. The molecule has 0 aliphatic carbocycles. The monoisotopic (exact) mass is 373 g/mol. The third-order valence-corrected chi connectivity index (χ3v) is 4.35. The number of benzene rings is 2. The summed E-state index contributed by atoms with van der Waals surface area (Å²) in [5.41, 5.74) is 0.564. The Labute approximate surface area is 153 Å². The Morgan fingerprint density at radius 3 is 2.73 bits per heavy atom. The van der Waals surface area contributed by atoms with Gasteiger partial charge in [0.1, 0.15) is 12.3 Å². The first-order chi connectivity index (χ1) is 12.4. The van der Waals surface area contributed by atoms with Crippen molar-refractivity contribution in [3.63, 3.8) is 0 Å². The van der Waals surface area contributed by atoms with E-state index in [2.05, 4.69) is 10.3 Å². The number of aromatic nitrogens is 2. The third-order valence-electron chi connectivity index (χ3n) is 3.94. The van der Waals surface area contributed by atoms with Crippen molar-refractivity contribution in [2.45, 2.75) is 13.5 Å². The molecule has 0 aliphatic heterocycles. The molecular formula is C18H16ClN3O4. The molecule has 8 heteroatoms. The standard InChI is InChI=1S/C18H16ClN3O4/c1-10-7-13(15(26-2)8-11(10)19)20-16(23)9-22-14-6-4-3-5-12(14)21-17(24)18(22)25/h3-8H,9H2,1-2H3,(H,20,23)(H,21,24). The zero-order valence-electron chi connectivity index (χ0n) is 14.1. The van der Waals surface area contributed by atoms with Crippen LogP contribution in [-0.4, -0.2) is 22.6 Å². The van der Waals surface area contributed by atoms with Crippen molar-refractivity contribution >= 4 is 34.2 Å². The Morgan fingerprint density at radius 1 is 1.27 bits per heavy atom. The Morgan fingerprint density at radius 2 is 2.00 bits per heavy atom. The predicted molar refractivity (Wildman–Crippen MR) is 100 cm³/mol. The summed E-state index contributed by atoms with van der Waals surface area (Å²) in [7, 11) is 1.46. The lowest BCUT2D eigenvalue weighted by atomic mass is 10.2. The summed E-state index contributed by atoms with van der Waals surface area (Å²) >= 11 is 6.06. The van der Waals surface area contributed by atoms with Crippen molar-refractivity contribution in [3.8, 4) is 5.75 Å². The van der Waals surface area contributed by atoms with Crippen LogP contribution < -0.4 is 21.2 Å². The van der Waals surface area contributed by atoms with Gasteiger partial charge in [-0.25, -0.2) is 0 Å². The molecule has 0 bridgehead atoms. The van der Waals surface area contributed by atoms with E-state index in [0.29, 0.717) is 27.5 Å². The van der Waals surface area contributed by atoms with E-state index in [0.717, 1.165) is 10.1 Å². The lowest BCUT2D eigenvalue weighted by molar-refractivity contribution is -0.116. The SMILES string of the molecule is COc1cc(Cl)c(C)cc1NC(=O)Cn1c(=O)c(=O)[nH]c2ccccc21. The third kappa shape index (κ3) is 3.34. The minimum Gasteiger partial charge on any atom is -0.495 e. The Hall–Kier alpha value is -3.06. The zero-order valence-corrected chi connectivity index (χ0v) is 14.9. The Bertz CT molecular complexity index is 1120. The van der Waals surface area contributed by atoms with Gasteiger partial charge in [-0.15, -0.1) is 0 Å². The molecule has 3 rings (SSSR count). The fraction of sp³-hybridized carbons (Fsp3) is 0.167. The number of hydrogen-bond donors (Lipinski definition) is 2. The molecule has 0 aliphatic rings. The molecule has 2 N–H and O–H groups in total. The average molecular weight is 374 g/mol. The lowest BCUT2D eigenvalue weighted by Gasteiger charge is -2.13. The molecular weight excluding hydrogens is 358 g/mol. The first-order valence-electron chi connectivity index (χ1n) is 7.76. The second kappa shape index (κ2) is 7.05. The molecule has 0 spiro atoms. The maximum absolute atomic E-state index is 12.5. The smallest absolute Gasteiger partial charge is 0.317 e. The normalized spacial score (nSPS) is 10.7. The number of para-hydroxylation sites is 2. The van der Waals surface area contributed by atoms with Gasteiger partial charge in [-0.05, 0) is 30.7 Å². The summed E-state index contributed by atoms with van der Waals surface area (Å²) in [5.74, 6) is -0.0695. The van der Waals surface area contributed by atoms with Crippen LogP contribution in [0.4, 0.5) is 5.69 Å². The molecule has 0 radical (unpaired) electrons. The number of methoxy groups -OCH3 is 1. The number of ether oxygens (including phenoxy) is 1. The van der Waals surface area contributed by atoms with E-state index in [1.807, 2.05) is 0 Å². The van der Waals surface area contributed by atoms with Crippen LogP contribution in [-0.2, 0) is 11.3 Å². The van der Waals surface area contributed by atoms with Gasteiger partial charge in [0.2, 0.25) is 5.91 Å². The molecule has 0 unspecified atom stereocenters. The second-order valence-electron chi connectivity index (χ2n) is 5.71. The first kappa shape index (κ1) is 17.8. The van der Waals surface area contributed by atoms with Crippen molar-refractivity contribution in [3.05, 3.63) is 67.7 Å². The molecule has 134 valence electrons. The number of nitrogens with one attached hydrogen (secondary N) is 2. The van der Waals surface area contributed by atoms with E-state index in [4.69, 9.17) is 16.3 Å². The van der Waals surface area contributed by atoms with Gasteiger partial charge >= 0.3 is 11.1 Å². The largest absolute Gasteiger partial charge is 0.495 e. The highest BCUT2D eigenvalue weighted by atomic mass is 35.5. The highest BCUT2D eigenvalue weighted by Gasteiger charge is 2.14. The molecule has 3 aromatic rings. The summed E-state index contributed by atoms with van der Waals surface area (Å²) in [6.07, 6.45) is 0. The van der Waals surface area contributed by atoms with E-state index >= 15 is 0 Å². The number of carbonyl (C=O) groups is 1. The summed E-state index contributed by atoms with van der Waals surface area (Å²) < 4.78 is 6.36. The van der Waals surface area contributed by atoms with Gasteiger partial charge in [0.25, 0.3) is 0 Å². The van der Waals surface area contributed by atoms with Gasteiger partial charge in [0, 0.05) is 11.1 Å². The van der Waals surface area contributed by atoms with Crippen LogP contribution in [0, 0.1) is 6.92 Å². The van der Waals surface area contributed by atoms with Gasteiger partial charge in [0.15, 0.2) is 0 Å². The highest BCUT2D eigenvalue weighted by molar-refractivity contribution is 6.31. The van der Waals surface area contributed by atoms with Crippen molar-refractivity contribution in [2.24, 2.45) is 0 Å². The number of anilines is 1. The Balaban J connectivity index is 1.96. The van der Waals surface area contributed by atoms with Crippen LogP contribution in [0.25, 0.3) is 11.0 Å². The molecule has 0 atom stereocenters. The molecule has 1 heterocycles. The molecule has 0 fully saturated rings. The highest BCUT2D eigenvalue weighted by Crippen LogP contribution is 2.30. The molecule has 7 nitrogen and oxygen atoms in total. The number of H-pyrrole nitrogens is 1. The van der Waals surface area contributed by atoms with E-state index in [-0.39, 0.29) is 6.54 Å². The molecule has 0 saturated heterocycles. The van der Waals surface area contributed by atoms with Gasteiger partial charge in [-0.3, -0.25) is 19.0 Å². The van der Waals surface area contributed by atoms with Gasteiger partial charge in [-0.1, -0.05) is 23.7 Å². The number of aromatic amines is 1. The van der Waals surface area contributed by atoms with Crippen LogP contribution in [0.5, 0.6) is 5.75 Å². The molecule has 1 aromatic heterocycles. The van der Waals surface area contributed by atoms with Gasteiger partial charge in [0.05, 0.1) is 23.8 Å². The number of nitrogens with zero attached hydrogens (tertiary/aromatic N) is 1. The topological polar surface area (TPSA) is 93.2 Å². The number of halogens is 1. The van der Waals surface area contributed by atoms with Crippen LogP contribution in [0.1, 0.15) is 5.56 Å². The molecule has 2 aromatic carbocycles. The van der Waals surface area contributed by atoms with Crippen molar-refractivity contribution in [1.29, 1.82) is 0 Å². The van der Waals surface area contributed by atoms with Gasteiger partial charge in [-0.2, -0.15) is 0 Å². The van der Waals surface area contributed by atoms with E-state index in [9.17, 15) is 14.4 Å². The average Bonchev–Trinajstić information content (AvgIpc) is 2.61. The maximum atomic E-state index is 12.5. The van der Waals surface area contributed by atoms with Crippen molar-refractivity contribution in [1.82, 2.24) is 9.55 Å². The zero-order chi connectivity index (χ0) is 18.8. The number of carbonyl (C=O) groups excluding carboxylic acids is 1. The predicted octanol–water partition coefficient (Wildman–Crippen LogP) is 2.30. The first-order valence-corrected chi connectivity index (χ1v) is 8.14. The number of aryl methyl sites for hydroxylation is 1. The summed E-state index contributed by atoms with van der Waals surface area (Å²) in [6.45, 7) is 1.49. The van der Waals surface area contributed by atoms with E-state index in [1.165, 1.54) is 7.11 Å². The van der Waals surface area contributed by atoms with Gasteiger partial charge < -0.3 is 15.0 Å². The van der Waals surface area contributed by atoms with Crippen LogP contribution in [0.15, 0.2) is 46.0 Å².